The van der Waals surface area contributed by atoms with Crippen LogP contribution in [0.4, 0.5) is 0 Å². The van der Waals surface area contributed by atoms with E-state index in [1.54, 1.807) is 0 Å². The van der Waals surface area contributed by atoms with Crippen molar-refractivity contribution in [2.24, 2.45) is 0 Å². The van der Waals surface area contributed by atoms with Crippen molar-refractivity contribution in [2.75, 3.05) is 0 Å². The molecule has 0 bridgehead atoms. The number of fused-ring (bicyclic) bond motifs is 6. The zero-order valence-corrected chi connectivity index (χ0v) is 35.6. The van der Waals surface area contributed by atoms with Crippen molar-refractivity contribution in [1.82, 2.24) is 9.13 Å². The quantitative estimate of drug-likeness (QED) is 0.107. The monoisotopic (exact) mass is 818 g/mol. The summed E-state index contributed by atoms with van der Waals surface area (Å²) in [6, 6.07) is 94.4. The van der Waals surface area contributed by atoms with Gasteiger partial charge >= 0.3 is 0 Å². The maximum Gasteiger partial charge on any atom is 0.181 e. The first-order valence-corrected chi connectivity index (χ1v) is 23.8. The number of para-hydroxylation sites is 3. The van der Waals surface area contributed by atoms with Crippen LogP contribution >= 0.6 is 0 Å². The highest BCUT2D eigenvalue weighted by Crippen LogP contribution is 2.44. The van der Waals surface area contributed by atoms with Gasteiger partial charge in [0.1, 0.15) is 0 Å². The summed E-state index contributed by atoms with van der Waals surface area (Å²) in [6.45, 7) is 0. The van der Waals surface area contributed by atoms with E-state index in [-0.39, 0.29) is 0 Å². The highest BCUT2D eigenvalue weighted by Gasteiger charge is 2.43. The molecule has 3 heteroatoms. The third-order valence-electron chi connectivity index (χ3n) is 13.1. The lowest BCUT2D eigenvalue weighted by molar-refractivity contribution is 1.13. The largest absolute Gasteiger partial charge is 0.307 e. The van der Waals surface area contributed by atoms with Gasteiger partial charge in [-0.3, -0.25) is 0 Å². The molecule has 0 aliphatic heterocycles. The molecule has 10 aromatic carbocycles. The van der Waals surface area contributed by atoms with Crippen LogP contribution in [0.15, 0.2) is 255 Å². The van der Waals surface area contributed by atoms with Crippen molar-refractivity contribution < 1.29 is 0 Å². The van der Waals surface area contributed by atoms with E-state index in [2.05, 4.69) is 264 Å². The number of hydrogen-bond donors (Lipinski definition) is 0. The van der Waals surface area contributed by atoms with Gasteiger partial charge in [0.2, 0.25) is 0 Å². The van der Waals surface area contributed by atoms with E-state index < -0.39 is 8.07 Å². The van der Waals surface area contributed by atoms with Crippen LogP contribution in [-0.4, -0.2) is 17.2 Å². The fourth-order valence-corrected chi connectivity index (χ4v) is 15.4. The number of nitrogens with zero attached hydrogens (tertiary/aromatic N) is 2. The van der Waals surface area contributed by atoms with Crippen molar-refractivity contribution in [3.8, 4) is 33.6 Å². The van der Waals surface area contributed by atoms with Gasteiger partial charge in [0.15, 0.2) is 8.07 Å². The standard InChI is InChI=1S/C60H42N2Si/c1-6-21-43(22-7-1)44-37-39-46(40-38-44)61-55-35-19-17-32-53(55)58-50(45-23-8-2-9-24-45)41-42-56(60(58)61)62-54-34-18-16-31-51(54)52-33-20-36-57(59(52)62)63(47-25-10-3-11-26-47,48-27-12-4-13-28-48)49-29-14-5-15-30-49/h1-42H. The summed E-state index contributed by atoms with van der Waals surface area (Å²) in [6.07, 6.45) is 0. The summed E-state index contributed by atoms with van der Waals surface area (Å²) in [7, 11) is -3.00. The molecule has 2 heterocycles. The molecular formula is C60H42N2Si. The Kier molecular flexibility index (Phi) is 8.87. The van der Waals surface area contributed by atoms with Crippen molar-refractivity contribution in [3.63, 3.8) is 0 Å². The molecule has 63 heavy (non-hydrogen) atoms. The Morgan fingerprint density at radius 2 is 0.746 bits per heavy atom. The molecule has 0 fully saturated rings. The van der Waals surface area contributed by atoms with Crippen LogP contribution in [0.25, 0.3) is 77.2 Å². The Morgan fingerprint density at radius 1 is 0.286 bits per heavy atom. The number of hydrogen-bond acceptors (Lipinski definition) is 0. The lowest BCUT2D eigenvalue weighted by Crippen LogP contribution is -2.75. The van der Waals surface area contributed by atoms with Gasteiger partial charge in [-0.25, -0.2) is 0 Å². The van der Waals surface area contributed by atoms with Gasteiger partial charge in [-0.1, -0.05) is 224 Å². The van der Waals surface area contributed by atoms with Crippen LogP contribution in [-0.2, 0) is 0 Å². The average molecular weight is 819 g/mol. The number of benzene rings is 10. The Bertz CT molecular complexity index is 3480. The number of rotatable bonds is 8. The molecule has 0 amide bonds. The molecule has 0 saturated heterocycles. The fraction of sp³-hybridized carbons (Fsp3) is 0. The summed E-state index contributed by atoms with van der Waals surface area (Å²) < 4.78 is 5.13. The second-order valence-electron chi connectivity index (χ2n) is 16.4. The lowest BCUT2D eigenvalue weighted by Gasteiger charge is -2.35. The van der Waals surface area contributed by atoms with Crippen molar-refractivity contribution in [3.05, 3.63) is 255 Å². The fourth-order valence-electron chi connectivity index (χ4n) is 10.4. The summed E-state index contributed by atoms with van der Waals surface area (Å²) >= 11 is 0. The Labute approximate surface area is 368 Å². The average Bonchev–Trinajstić information content (AvgIpc) is 3.90. The van der Waals surface area contributed by atoms with Crippen molar-refractivity contribution in [2.45, 2.75) is 0 Å². The highest BCUT2D eigenvalue weighted by atomic mass is 28.3. The van der Waals surface area contributed by atoms with Gasteiger partial charge in [0, 0.05) is 27.2 Å². The molecule has 0 radical (unpaired) electrons. The van der Waals surface area contributed by atoms with Crippen LogP contribution in [0, 0.1) is 0 Å². The molecule has 0 atom stereocenters. The van der Waals surface area contributed by atoms with Gasteiger partial charge in [0.05, 0.1) is 27.8 Å². The Hall–Kier alpha value is -7.98. The van der Waals surface area contributed by atoms with E-state index in [1.165, 1.54) is 86.6 Å². The van der Waals surface area contributed by atoms with Gasteiger partial charge < -0.3 is 9.13 Å². The Balaban J connectivity index is 1.27. The molecule has 2 nitrogen and oxygen atoms in total. The minimum Gasteiger partial charge on any atom is -0.307 e. The molecule has 0 aliphatic carbocycles. The smallest absolute Gasteiger partial charge is 0.181 e. The van der Waals surface area contributed by atoms with Crippen LogP contribution in [0.5, 0.6) is 0 Å². The molecule has 296 valence electrons. The van der Waals surface area contributed by atoms with E-state index in [1.807, 2.05) is 0 Å². The predicted octanol–water partition coefficient (Wildman–Crippen LogP) is 12.6. The first-order valence-electron chi connectivity index (χ1n) is 21.8. The molecule has 2 aromatic heterocycles. The molecule has 0 aliphatic rings. The second kappa shape index (κ2) is 15.2. The number of aromatic nitrogens is 2. The van der Waals surface area contributed by atoms with Crippen LogP contribution in [0.2, 0.25) is 0 Å². The van der Waals surface area contributed by atoms with E-state index in [4.69, 9.17) is 0 Å². The third kappa shape index (κ3) is 5.78. The topological polar surface area (TPSA) is 9.86 Å². The van der Waals surface area contributed by atoms with Crippen LogP contribution < -0.4 is 20.7 Å². The molecule has 0 spiro atoms. The SMILES string of the molecule is c1ccc(-c2ccc(-n3c4ccccc4c4c(-c5ccccc5)ccc(-n5c6ccccc6c6cccc([Si](c7ccccc7)(c7ccccc7)c7ccccc7)c65)c43)cc2)cc1. The molecular weight excluding hydrogens is 777 g/mol. The van der Waals surface area contributed by atoms with E-state index in [0.29, 0.717) is 0 Å². The van der Waals surface area contributed by atoms with Crippen molar-refractivity contribution >= 4 is 72.4 Å². The van der Waals surface area contributed by atoms with E-state index in [0.717, 1.165) is 11.4 Å². The highest BCUT2D eigenvalue weighted by molar-refractivity contribution is 7.20. The maximum absolute atomic E-state index is 3.00. The summed E-state index contributed by atoms with van der Waals surface area (Å²) in [5, 5.41) is 10.4. The van der Waals surface area contributed by atoms with E-state index >= 15 is 0 Å². The lowest BCUT2D eigenvalue weighted by atomic mass is 9.98. The molecule has 0 unspecified atom stereocenters. The maximum atomic E-state index is 2.61. The summed E-state index contributed by atoms with van der Waals surface area (Å²) in [5.74, 6) is 0. The van der Waals surface area contributed by atoms with Gasteiger partial charge in [-0.2, -0.15) is 0 Å². The first-order chi connectivity index (χ1) is 31.3. The normalized spacial score (nSPS) is 11.8. The van der Waals surface area contributed by atoms with Gasteiger partial charge in [-0.05, 0) is 73.3 Å². The second-order valence-corrected chi connectivity index (χ2v) is 20.2. The van der Waals surface area contributed by atoms with Gasteiger partial charge in [0.25, 0.3) is 0 Å². The predicted molar refractivity (Wildman–Crippen MR) is 270 cm³/mol. The van der Waals surface area contributed by atoms with Gasteiger partial charge in [-0.15, -0.1) is 0 Å². The zero-order chi connectivity index (χ0) is 41.7. The Morgan fingerprint density at radius 3 is 1.33 bits per heavy atom. The summed E-state index contributed by atoms with van der Waals surface area (Å²) in [4.78, 5) is 0. The molecule has 12 rings (SSSR count). The van der Waals surface area contributed by atoms with Crippen LogP contribution in [0.1, 0.15) is 0 Å². The zero-order valence-electron chi connectivity index (χ0n) is 34.6. The molecule has 0 saturated carbocycles. The minimum atomic E-state index is -3.00. The molecule has 0 N–H and O–H groups in total. The molecule has 12 aromatic rings. The van der Waals surface area contributed by atoms with E-state index in [9.17, 15) is 0 Å². The van der Waals surface area contributed by atoms with Crippen molar-refractivity contribution in [1.29, 1.82) is 0 Å². The van der Waals surface area contributed by atoms with Crippen LogP contribution in [0.3, 0.4) is 0 Å². The summed E-state index contributed by atoms with van der Waals surface area (Å²) in [5.41, 5.74) is 11.9. The minimum absolute atomic E-state index is 1.12. The third-order valence-corrected chi connectivity index (χ3v) is 17.9. The first kappa shape index (κ1) is 36.8.